The lowest BCUT2D eigenvalue weighted by Gasteiger charge is -2.21. The van der Waals surface area contributed by atoms with E-state index in [1.54, 1.807) is 0 Å². The van der Waals surface area contributed by atoms with Crippen LogP contribution in [0.1, 0.15) is 34.1 Å². The normalized spacial score (nSPS) is 14.2. The van der Waals surface area contributed by atoms with Gasteiger partial charge < -0.3 is 4.90 Å². The van der Waals surface area contributed by atoms with Crippen LogP contribution in [0.2, 0.25) is 0 Å². The lowest BCUT2D eigenvalue weighted by Crippen LogP contribution is -2.30. The van der Waals surface area contributed by atoms with E-state index in [-0.39, 0.29) is 0 Å². The highest BCUT2D eigenvalue weighted by Gasteiger charge is 2.11. The molecule has 0 saturated carbocycles. The Morgan fingerprint density at radius 3 is 2.00 bits per heavy atom. The van der Waals surface area contributed by atoms with Crippen molar-refractivity contribution in [1.82, 2.24) is 4.90 Å². The summed E-state index contributed by atoms with van der Waals surface area (Å²) in [5.41, 5.74) is 0. The molecule has 0 aliphatic rings. The van der Waals surface area contributed by atoms with Crippen molar-refractivity contribution in [3.63, 3.8) is 0 Å². The van der Waals surface area contributed by atoms with Crippen molar-refractivity contribution in [2.75, 3.05) is 19.6 Å². The van der Waals surface area contributed by atoms with Crippen LogP contribution in [-0.4, -0.2) is 30.7 Å². The number of nitrogens with zero attached hydrogens (tertiary/aromatic N) is 1. The molecule has 0 saturated heterocycles. The maximum absolute atomic E-state index is 13.2. The van der Waals surface area contributed by atoms with E-state index in [1.165, 1.54) is 0 Å². The predicted molar refractivity (Wildman–Crippen MR) is 52.1 cm³/mol. The van der Waals surface area contributed by atoms with Crippen LogP contribution >= 0.6 is 0 Å². The number of hydrogen-bond donors (Lipinski definition) is 0. The van der Waals surface area contributed by atoms with Gasteiger partial charge in [-0.15, -0.1) is 0 Å². The summed E-state index contributed by atoms with van der Waals surface area (Å²) in [5.74, 6) is 0.468. The van der Waals surface area contributed by atoms with Crippen LogP contribution < -0.4 is 0 Å². The Morgan fingerprint density at radius 2 is 1.67 bits per heavy atom. The molecule has 12 heavy (non-hydrogen) atoms. The summed E-state index contributed by atoms with van der Waals surface area (Å²) in [6.07, 6.45) is 0.0427. The third kappa shape index (κ3) is 5.53. The third-order valence-corrected chi connectivity index (χ3v) is 2.08. The Labute approximate surface area is 75.9 Å². The molecule has 0 aliphatic heterocycles. The fraction of sp³-hybridized carbons (Fsp3) is 1.00. The average molecular weight is 175 g/mol. The number of hydrogen-bond acceptors (Lipinski definition) is 1. The highest BCUT2D eigenvalue weighted by atomic mass is 19.1. The van der Waals surface area contributed by atoms with Gasteiger partial charge in [0, 0.05) is 6.54 Å². The molecule has 1 unspecified atom stereocenters. The van der Waals surface area contributed by atoms with Gasteiger partial charge in [0.1, 0.15) is 6.17 Å². The molecule has 0 fully saturated rings. The molecule has 0 heterocycles. The van der Waals surface area contributed by atoms with Gasteiger partial charge in [-0.3, -0.25) is 0 Å². The first-order valence-corrected chi connectivity index (χ1v) is 4.96. The minimum absolute atomic E-state index is 0.468. The molecule has 1 nitrogen and oxygen atoms in total. The number of rotatable bonds is 6. The summed E-state index contributed by atoms with van der Waals surface area (Å²) in [6, 6.07) is 0. The first-order valence-electron chi connectivity index (χ1n) is 4.96. The third-order valence-electron chi connectivity index (χ3n) is 2.08. The summed E-state index contributed by atoms with van der Waals surface area (Å²) in [6.45, 7) is 10.8. The van der Waals surface area contributed by atoms with Crippen LogP contribution in [-0.2, 0) is 0 Å². The van der Waals surface area contributed by atoms with Crippen molar-refractivity contribution in [3.05, 3.63) is 0 Å². The van der Waals surface area contributed by atoms with Crippen LogP contribution in [0.4, 0.5) is 4.39 Å². The maximum atomic E-state index is 13.2. The standard InChI is InChI=1S/C10H22FN/c1-5-12(6-2)8-10(11)7-9(3)4/h9-10H,5-8H2,1-4H3. The lowest BCUT2D eigenvalue weighted by molar-refractivity contribution is 0.183. The minimum Gasteiger partial charge on any atom is -0.301 e. The zero-order valence-electron chi connectivity index (χ0n) is 8.81. The van der Waals surface area contributed by atoms with E-state index in [0.29, 0.717) is 18.9 Å². The molecule has 0 amide bonds. The van der Waals surface area contributed by atoms with Gasteiger partial charge in [-0.2, -0.15) is 0 Å². The molecule has 74 valence electrons. The van der Waals surface area contributed by atoms with Gasteiger partial charge in [-0.05, 0) is 25.4 Å². The molecule has 0 aromatic heterocycles. The van der Waals surface area contributed by atoms with E-state index < -0.39 is 6.17 Å². The second-order valence-corrected chi connectivity index (χ2v) is 3.71. The molecule has 0 rings (SSSR count). The van der Waals surface area contributed by atoms with Crippen LogP contribution in [0.5, 0.6) is 0 Å². The molecule has 1 atom stereocenters. The van der Waals surface area contributed by atoms with Crippen molar-refractivity contribution < 1.29 is 4.39 Å². The molecule has 0 radical (unpaired) electrons. The van der Waals surface area contributed by atoms with Gasteiger partial charge in [0.2, 0.25) is 0 Å². The smallest absolute Gasteiger partial charge is 0.113 e. The van der Waals surface area contributed by atoms with Crippen LogP contribution in [0, 0.1) is 5.92 Å². The summed E-state index contributed by atoms with van der Waals surface area (Å²) >= 11 is 0. The van der Waals surface area contributed by atoms with Crippen molar-refractivity contribution in [1.29, 1.82) is 0 Å². The quantitative estimate of drug-likeness (QED) is 0.600. The largest absolute Gasteiger partial charge is 0.301 e. The molecule has 0 aromatic rings. The van der Waals surface area contributed by atoms with E-state index in [2.05, 4.69) is 32.6 Å². The Kier molecular flexibility index (Phi) is 6.35. The summed E-state index contributed by atoms with van der Waals surface area (Å²) in [7, 11) is 0. The van der Waals surface area contributed by atoms with E-state index in [9.17, 15) is 4.39 Å². The second-order valence-electron chi connectivity index (χ2n) is 3.71. The summed E-state index contributed by atoms with van der Waals surface area (Å²) < 4.78 is 13.2. The maximum Gasteiger partial charge on any atom is 0.113 e. The van der Waals surface area contributed by atoms with Gasteiger partial charge in [0.15, 0.2) is 0 Å². The highest BCUT2D eigenvalue weighted by Crippen LogP contribution is 2.09. The fourth-order valence-corrected chi connectivity index (χ4v) is 1.35. The van der Waals surface area contributed by atoms with Crippen molar-refractivity contribution in [2.45, 2.75) is 40.3 Å². The SMILES string of the molecule is CCN(CC)CC(F)CC(C)C. The molecule has 0 N–H and O–H groups in total. The molecule has 0 aromatic carbocycles. The summed E-state index contributed by atoms with van der Waals surface area (Å²) in [5, 5.41) is 0. The Morgan fingerprint density at radius 1 is 1.17 bits per heavy atom. The van der Waals surface area contributed by atoms with Gasteiger partial charge in [-0.25, -0.2) is 4.39 Å². The van der Waals surface area contributed by atoms with Crippen LogP contribution in [0.3, 0.4) is 0 Å². The average Bonchev–Trinajstić information content (AvgIpc) is 1.98. The van der Waals surface area contributed by atoms with Gasteiger partial charge >= 0.3 is 0 Å². The van der Waals surface area contributed by atoms with Gasteiger partial charge in [0.05, 0.1) is 0 Å². The number of halogens is 1. The molecule has 2 heteroatoms. The Bertz CT molecular complexity index is 100. The lowest BCUT2D eigenvalue weighted by atomic mass is 10.1. The zero-order chi connectivity index (χ0) is 9.56. The second kappa shape index (κ2) is 6.41. The minimum atomic E-state index is -0.648. The molecule has 0 bridgehead atoms. The first kappa shape index (κ1) is 11.9. The Balaban J connectivity index is 3.58. The highest BCUT2D eigenvalue weighted by molar-refractivity contribution is 4.64. The van der Waals surface area contributed by atoms with Crippen molar-refractivity contribution >= 4 is 0 Å². The molecule has 0 aliphatic carbocycles. The summed E-state index contributed by atoms with van der Waals surface area (Å²) in [4.78, 5) is 2.13. The van der Waals surface area contributed by atoms with Gasteiger partial charge in [-0.1, -0.05) is 27.7 Å². The monoisotopic (exact) mass is 175 g/mol. The van der Waals surface area contributed by atoms with E-state index in [4.69, 9.17) is 0 Å². The number of alkyl halides is 1. The predicted octanol–water partition coefficient (Wildman–Crippen LogP) is 2.71. The van der Waals surface area contributed by atoms with Crippen molar-refractivity contribution in [2.24, 2.45) is 5.92 Å². The van der Waals surface area contributed by atoms with E-state index in [0.717, 1.165) is 13.1 Å². The topological polar surface area (TPSA) is 3.24 Å². The van der Waals surface area contributed by atoms with Gasteiger partial charge in [0.25, 0.3) is 0 Å². The Hall–Kier alpha value is -0.110. The van der Waals surface area contributed by atoms with E-state index in [1.807, 2.05) is 0 Å². The van der Waals surface area contributed by atoms with E-state index >= 15 is 0 Å². The first-order chi connectivity index (χ1) is 5.60. The van der Waals surface area contributed by atoms with Crippen LogP contribution in [0.25, 0.3) is 0 Å². The molecule has 0 spiro atoms. The van der Waals surface area contributed by atoms with Crippen molar-refractivity contribution in [3.8, 4) is 0 Å². The fourth-order valence-electron chi connectivity index (χ4n) is 1.35. The van der Waals surface area contributed by atoms with Crippen LogP contribution in [0.15, 0.2) is 0 Å². The molecular weight excluding hydrogens is 153 g/mol. The molecular formula is C10H22FN. The zero-order valence-corrected chi connectivity index (χ0v) is 8.81.